The summed E-state index contributed by atoms with van der Waals surface area (Å²) in [6.07, 6.45) is 0.303. The van der Waals surface area contributed by atoms with Crippen LogP contribution in [0.3, 0.4) is 0 Å². The number of amides is 1. The van der Waals surface area contributed by atoms with Gasteiger partial charge in [0.25, 0.3) is 0 Å². The average molecular weight is 355 g/mol. The number of carbonyl (C=O) groups excluding carboxylic acids is 1. The molecule has 7 nitrogen and oxygen atoms in total. The smallest absolute Gasteiger partial charge is 0.413 e. The number of rotatable bonds is 4. The molecule has 1 amide bonds. The van der Waals surface area contributed by atoms with Crippen LogP contribution in [0.5, 0.6) is 0 Å². The number of carboxylic acid groups (broad SMARTS) is 1. The minimum Gasteiger partial charge on any atom is -0.465 e. The third-order valence-electron chi connectivity index (χ3n) is 4.66. The Morgan fingerprint density at radius 2 is 2.00 bits per heavy atom. The van der Waals surface area contributed by atoms with Crippen molar-refractivity contribution in [2.24, 2.45) is 5.73 Å². The van der Waals surface area contributed by atoms with E-state index >= 15 is 0 Å². The Morgan fingerprint density at radius 1 is 1.27 bits per heavy atom. The second-order valence-corrected chi connectivity index (χ2v) is 6.30. The van der Waals surface area contributed by atoms with Crippen LogP contribution in [0.1, 0.15) is 41.5 Å². The Labute approximate surface area is 151 Å². The lowest BCUT2D eigenvalue weighted by Crippen LogP contribution is -2.60. The van der Waals surface area contributed by atoms with Crippen LogP contribution in [-0.4, -0.2) is 27.8 Å². The van der Waals surface area contributed by atoms with E-state index in [0.29, 0.717) is 30.6 Å². The molecular weight excluding hydrogens is 334 g/mol. The number of esters is 1. The van der Waals surface area contributed by atoms with Crippen LogP contribution in [0.2, 0.25) is 0 Å². The van der Waals surface area contributed by atoms with Gasteiger partial charge in [-0.05, 0) is 37.0 Å². The number of carbonyl (C=O) groups is 2. The monoisotopic (exact) mass is 355 g/mol. The number of aromatic nitrogens is 1. The molecule has 1 aliphatic rings. The van der Waals surface area contributed by atoms with Gasteiger partial charge >= 0.3 is 12.1 Å². The summed E-state index contributed by atoms with van der Waals surface area (Å²) in [7, 11) is 0. The molecule has 26 heavy (non-hydrogen) atoms. The highest BCUT2D eigenvalue weighted by atomic mass is 16.5. The number of ether oxygens (including phenoxy) is 1. The third kappa shape index (κ3) is 3.39. The zero-order valence-corrected chi connectivity index (χ0v) is 14.5. The first-order valence-electron chi connectivity index (χ1n) is 8.47. The minimum absolute atomic E-state index is 0.154. The third-order valence-corrected chi connectivity index (χ3v) is 4.66. The first-order valence-corrected chi connectivity index (χ1v) is 8.47. The summed E-state index contributed by atoms with van der Waals surface area (Å²) >= 11 is 0. The molecule has 1 aliphatic heterocycles. The lowest BCUT2D eigenvalue weighted by Gasteiger charge is -2.42. The Morgan fingerprint density at radius 3 is 2.65 bits per heavy atom. The van der Waals surface area contributed by atoms with E-state index in [1.54, 1.807) is 6.07 Å². The summed E-state index contributed by atoms with van der Waals surface area (Å²) in [5.74, 6) is -0.543. The van der Waals surface area contributed by atoms with Gasteiger partial charge in [0.1, 0.15) is 12.3 Å². The van der Waals surface area contributed by atoms with Gasteiger partial charge in [0.05, 0.1) is 17.0 Å². The van der Waals surface area contributed by atoms with Crippen LogP contribution in [-0.2, 0) is 17.8 Å². The molecule has 136 valence electrons. The van der Waals surface area contributed by atoms with Crippen molar-refractivity contribution in [1.29, 1.82) is 0 Å². The molecule has 2 aromatic rings. The molecule has 3 rings (SSSR count). The molecule has 7 heteroatoms. The maximum Gasteiger partial charge on any atom is 0.413 e. The number of nitrogens with zero attached hydrogens (tertiary/aromatic N) is 2. The highest BCUT2D eigenvalue weighted by Crippen LogP contribution is 2.35. The Hall–Kier alpha value is -2.93. The van der Waals surface area contributed by atoms with Gasteiger partial charge in [-0.15, -0.1) is 0 Å². The van der Waals surface area contributed by atoms with Gasteiger partial charge < -0.3 is 15.6 Å². The lowest BCUT2D eigenvalue weighted by atomic mass is 9.92. The number of fused-ring (bicyclic) bond motifs is 1. The van der Waals surface area contributed by atoms with Crippen LogP contribution >= 0.6 is 0 Å². The van der Waals surface area contributed by atoms with Gasteiger partial charge in [-0.25, -0.2) is 14.6 Å². The van der Waals surface area contributed by atoms with Gasteiger partial charge in [0.15, 0.2) is 0 Å². The summed E-state index contributed by atoms with van der Waals surface area (Å²) in [5, 5.41) is 9.57. The fraction of sp³-hybridized carbons (Fsp3) is 0.316. The molecule has 0 saturated carbocycles. The zero-order chi connectivity index (χ0) is 18.7. The number of nitrogens with two attached hydrogens (primary N) is 1. The largest absolute Gasteiger partial charge is 0.465 e. The molecule has 0 bridgehead atoms. The van der Waals surface area contributed by atoms with Gasteiger partial charge in [0.2, 0.25) is 0 Å². The van der Waals surface area contributed by atoms with Crippen molar-refractivity contribution >= 4 is 17.7 Å². The van der Waals surface area contributed by atoms with Crippen LogP contribution in [0.25, 0.3) is 0 Å². The van der Waals surface area contributed by atoms with E-state index in [-0.39, 0.29) is 12.3 Å². The number of aryl methyl sites for hydroxylation is 1. The molecule has 3 N–H and O–H groups in total. The topological polar surface area (TPSA) is 106 Å². The van der Waals surface area contributed by atoms with E-state index in [1.165, 1.54) is 6.07 Å². The van der Waals surface area contributed by atoms with E-state index in [1.807, 2.05) is 37.3 Å². The van der Waals surface area contributed by atoms with E-state index in [0.717, 1.165) is 10.5 Å². The van der Waals surface area contributed by atoms with Crippen molar-refractivity contribution in [2.75, 3.05) is 4.90 Å². The second kappa shape index (κ2) is 7.13. The molecule has 1 aromatic heterocycles. The summed E-state index contributed by atoms with van der Waals surface area (Å²) in [6.45, 7) is 2.01. The Bertz CT molecular complexity index is 825. The molecule has 0 radical (unpaired) electrons. The van der Waals surface area contributed by atoms with Gasteiger partial charge in [0, 0.05) is 0 Å². The summed E-state index contributed by atoms with van der Waals surface area (Å²) in [5.41, 5.74) is 7.29. The fourth-order valence-corrected chi connectivity index (χ4v) is 3.11. The molecular formula is C19H21N3O4. The summed E-state index contributed by atoms with van der Waals surface area (Å²) < 4.78 is 5.29. The van der Waals surface area contributed by atoms with Crippen LogP contribution in [0.4, 0.5) is 10.5 Å². The lowest BCUT2D eigenvalue weighted by molar-refractivity contribution is 0.0465. The summed E-state index contributed by atoms with van der Waals surface area (Å²) in [6, 6.07) is 12.4. The highest BCUT2D eigenvalue weighted by Gasteiger charge is 2.41. The normalized spacial score (nSPS) is 18.9. The molecule has 1 unspecified atom stereocenters. The number of pyridine rings is 1. The Kier molecular flexibility index (Phi) is 4.90. The van der Waals surface area contributed by atoms with Crippen molar-refractivity contribution in [3.63, 3.8) is 0 Å². The maximum atomic E-state index is 12.3. The number of anilines is 1. The number of hydrogen-bond donors (Lipinski definition) is 2. The van der Waals surface area contributed by atoms with E-state index in [4.69, 9.17) is 10.5 Å². The second-order valence-electron chi connectivity index (χ2n) is 6.30. The zero-order valence-electron chi connectivity index (χ0n) is 14.5. The molecule has 1 aromatic carbocycles. The highest BCUT2D eigenvalue weighted by molar-refractivity contribution is 5.91. The average Bonchev–Trinajstić information content (AvgIpc) is 2.66. The van der Waals surface area contributed by atoms with Crippen molar-refractivity contribution in [3.05, 3.63) is 59.4 Å². The molecule has 0 aliphatic carbocycles. The Balaban J connectivity index is 1.80. The van der Waals surface area contributed by atoms with Crippen LogP contribution in [0.15, 0.2) is 42.5 Å². The first-order chi connectivity index (χ1) is 12.4. The van der Waals surface area contributed by atoms with Crippen LogP contribution in [0, 0.1) is 0 Å². The molecule has 0 spiro atoms. The fourth-order valence-electron chi connectivity index (χ4n) is 3.11. The van der Waals surface area contributed by atoms with Gasteiger partial charge in [-0.1, -0.05) is 37.3 Å². The van der Waals surface area contributed by atoms with Crippen molar-refractivity contribution in [2.45, 2.75) is 38.5 Å². The molecule has 0 fully saturated rings. The number of benzene rings is 1. The van der Waals surface area contributed by atoms with E-state index in [9.17, 15) is 14.7 Å². The van der Waals surface area contributed by atoms with E-state index < -0.39 is 17.7 Å². The van der Waals surface area contributed by atoms with E-state index in [2.05, 4.69) is 4.98 Å². The quantitative estimate of drug-likeness (QED) is 0.817. The van der Waals surface area contributed by atoms with Gasteiger partial charge in [-0.3, -0.25) is 4.90 Å². The molecule has 2 heterocycles. The number of hydrogen-bond acceptors (Lipinski definition) is 5. The predicted molar refractivity (Wildman–Crippen MR) is 95.8 cm³/mol. The van der Waals surface area contributed by atoms with Crippen molar-refractivity contribution < 1.29 is 19.4 Å². The van der Waals surface area contributed by atoms with Crippen molar-refractivity contribution in [3.8, 4) is 0 Å². The molecule has 1 atom stereocenters. The van der Waals surface area contributed by atoms with Crippen molar-refractivity contribution in [1.82, 2.24) is 4.98 Å². The maximum absolute atomic E-state index is 12.3. The predicted octanol–water partition coefficient (Wildman–Crippen LogP) is 2.93. The minimum atomic E-state index is -1.13. The SMILES string of the molecule is CCC1(N)CCc2nc(C(=O)OCc3ccccc3)ccc2N1C(=O)O. The van der Waals surface area contributed by atoms with Crippen LogP contribution < -0.4 is 10.6 Å². The standard InChI is InChI=1S/C19H21N3O4/c1-2-19(20)11-10-14-16(22(19)18(24)25)9-8-15(21-14)17(23)26-12-13-6-4-3-5-7-13/h3-9H,2,10-12,20H2,1H3,(H,24,25). The summed E-state index contributed by atoms with van der Waals surface area (Å²) in [4.78, 5) is 29.4. The first kappa shape index (κ1) is 17.9. The molecule has 0 saturated heterocycles. The van der Waals surface area contributed by atoms with Gasteiger partial charge in [-0.2, -0.15) is 0 Å².